The minimum atomic E-state index is -0.156. The van der Waals surface area contributed by atoms with Gasteiger partial charge in [-0.1, -0.05) is 18.2 Å². The number of amides is 1. The number of halogens is 1. The molecule has 1 amide bonds. The number of rotatable bonds is 3. The van der Waals surface area contributed by atoms with E-state index in [0.29, 0.717) is 17.4 Å². The molecule has 148 valence electrons. The highest BCUT2D eigenvalue weighted by Crippen LogP contribution is 2.23. The Balaban J connectivity index is 1.37. The molecule has 2 fully saturated rings. The Hall–Kier alpha value is -2.47. The molecule has 2 aliphatic rings. The van der Waals surface area contributed by atoms with Crippen LogP contribution in [-0.4, -0.2) is 66.0 Å². The Morgan fingerprint density at radius 2 is 1.82 bits per heavy atom. The van der Waals surface area contributed by atoms with Gasteiger partial charge in [0.1, 0.15) is 11.5 Å². The molecule has 0 spiro atoms. The van der Waals surface area contributed by atoms with Gasteiger partial charge in [0, 0.05) is 51.0 Å². The molecule has 2 saturated heterocycles. The molecule has 0 radical (unpaired) electrons. The lowest BCUT2D eigenvalue weighted by atomic mass is 10.0. The molecule has 1 aromatic carbocycles. The second-order valence-electron chi connectivity index (χ2n) is 7.69. The smallest absolute Gasteiger partial charge is 0.272 e. The van der Waals surface area contributed by atoms with E-state index >= 15 is 0 Å². The zero-order valence-electron chi connectivity index (χ0n) is 16.4. The predicted octanol–water partition coefficient (Wildman–Crippen LogP) is 2.96. The average molecular weight is 382 g/mol. The van der Waals surface area contributed by atoms with Crippen molar-refractivity contribution in [2.75, 3.05) is 44.2 Å². The van der Waals surface area contributed by atoms with Gasteiger partial charge in [-0.25, -0.2) is 9.37 Å². The number of pyridine rings is 1. The van der Waals surface area contributed by atoms with Crippen LogP contribution in [0.5, 0.6) is 0 Å². The summed E-state index contributed by atoms with van der Waals surface area (Å²) < 4.78 is 14.1. The van der Waals surface area contributed by atoms with Crippen molar-refractivity contribution >= 4 is 11.6 Å². The molecule has 0 saturated carbocycles. The second-order valence-corrected chi connectivity index (χ2v) is 7.69. The molecule has 0 N–H and O–H groups in total. The number of para-hydroxylation sites is 1. The van der Waals surface area contributed by atoms with E-state index in [4.69, 9.17) is 0 Å². The number of piperidine rings is 1. The van der Waals surface area contributed by atoms with Crippen molar-refractivity contribution in [1.29, 1.82) is 0 Å². The molecule has 0 unspecified atom stereocenters. The van der Waals surface area contributed by atoms with Crippen molar-refractivity contribution in [3.8, 4) is 0 Å². The summed E-state index contributed by atoms with van der Waals surface area (Å²) in [5.41, 5.74) is 2.09. The highest BCUT2D eigenvalue weighted by molar-refractivity contribution is 5.92. The van der Waals surface area contributed by atoms with Gasteiger partial charge in [0.15, 0.2) is 0 Å². The maximum atomic E-state index is 14.1. The number of anilines is 1. The van der Waals surface area contributed by atoms with Crippen molar-refractivity contribution < 1.29 is 9.18 Å². The summed E-state index contributed by atoms with van der Waals surface area (Å²) in [7, 11) is 0. The lowest BCUT2D eigenvalue weighted by Crippen LogP contribution is -2.56. The number of aromatic nitrogens is 1. The number of aryl methyl sites for hydroxylation is 1. The lowest BCUT2D eigenvalue weighted by molar-refractivity contribution is 0.0558. The van der Waals surface area contributed by atoms with E-state index in [2.05, 4.69) is 14.8 Å². The van der Waals surface area contributed by atoms with Gasteiger partial charge in [0.05, 0.1) is 5.69 Å². The van der Waals surface area contributed by atoms with Gasteiger partial charge in [-0.3, -0.25) is 9.69 Å². The molecule has 0 bridgehead atoms. The highest BCUT2D eigenvalue weighted by Gasteiger charge is 2.31. The number of hydrogen-bond acceptors (Lipinski definition) is 4. The molecule has 4 rings (SSSR count). The van der Waals surface area contributed by atoms with Gasteiger partial charge in [-0.05, 0) is 44.0 Å². The third-order valence-electron chi connectivity index (χ3n) is 5.81. The molecule has 1 aromatic heterocycles. The van der Waals surface area contributed by atoms with Crippen LogP contribution in [0.3, 0.4) is 0 Å². The Morgan fingerprint density at radius 3 is 2.57 bits per heavy atom. The summed E-state index contributed by atoms with van der Waals surface area (Å²) in [6.07, 6.45) is 2.11. The molecule has 28 heavy (non-hydrogen) atoms. The third-order valence-corrected chi connectivity index (χ3v) is 5.81. The van der Waals surface area contributed by atoms with Crippen LogP contribution >= 0.6 is 0 Å². The first-order chi connectivity index (χ1) is 13.6. The lowest BCUT2D eigenvalue weighted by Gasteiger charge is -2.43. The maximum Gasteiger partial charge on any atom is 0.272 e. The average Bonchev–Trinajstić information content (AvgIpc) is 2.74. The fraction of sp³-hybridized carbons (Fsp3) is 0.455. The topological polar surface area (TPSA) is 39.7 Å². The van der Waals surface area contributed by atoms with Crippen molar-refractivity contribution in [2.24, 2.45) is 0 Å². The second kappa shape index (κ2) is 8.27. The first kappa shape index (κ1) is 18.9. The minimum absolute atomic E-state index is 0.0263. The monoisotopic (exact) mass is 382 g/mol. The van der Waals surface area contributed by atoms with Gasteiger partial charge in [-0.2, -0.15) is 0 Å². The summed E-state index contributed by atoms with van der Waals surface area (Å²) >= 11 is 0. The molecular formula is C22H27FN4O. The number of hydrogen-bond donors (Lipinski definition) is 0. The summed E-state index contributed by atoms with van der Waals surface area (Å²) in [6, 6.07) is 12.9. The van der Waals surface area contributed by atoms with E-state index in [1.807, 2.05) is 36.1 Å². The molecule has 3 heterocycles. The molecule has 2 aliphatic heterocycles. The normalized spacial score (nSPS) is 21.0. The van der Waals surface area contributed by atoms with Crippen molar-refractivity contribution in [3.63, 3.8) is 0 Å². The Morgan fingerprint density at radius 1 is 1.04 bits per heavy atom. The van der Waals surface area contributed by atoms with E-state index in [1.165, 1.54) is 6.07 Å². The van der Waals surface area contributed by atoms with Crippen molar-refractivity contribution in [1.82, 2.24) is 14.8 Å². The fourth-order valence-electron chi connectivity index (χ4n) is 4.30. The van der Waals surface area contributed by atoms with E-state index in [-0.39, 0.29) is 11.7 Å². The number of piperazine rings is 1. The zero-order valence-corrected chi connectivity index (χ0v) is 16.4. The van der Waals surface area contributed by atoms with Crippen molar-refractivity contribution in [3.05, 3.63) is 59.7 Å². The van der Waals surface area contributed by atoms with Gasteiger partial charge in [0.2, 0.25) is 0 Å². The first-order valence-corrected chi connectivity index (χ1v) is 10.1. The number of carbonyl (C=O) groups excluding carboxylic acids is 1. The van der Waals surface area contributed by atoms with Crippen molar-refractivity contribution in [2.45, 2.75) is 25.8 Å². The molecule has 0 aliphatic carbocycles. The number of carbonyl (C=O) groups is 1. The molecular weight excluding hydrogens is 355 g/mol. The van der Waals surface area contributed by atoms with Crippen LogP contribution in [0.1, 0.15) is 29.0 Å². The SMILES string of the molecule is Cc1cccc(C(=O)N2CCC[C@H](N3CCN(c4ccccc4F)CC3)C2)n1. The highest BCUT2D eigenvalue weighted by atomic mass is 19.1. The van der Waals surface area contributed by atoms with Crippen LogP contribution < -0.4 is 4.90 Å². The standard InChI is InChI=1S/C22H27FN4O/c1-17-6-4-9-20(24-17)22(28)27-11-5-7-18(16-27)25-12-14-26(15-13-25)21-10-3-2-8-19(21)23/h2-4,6,8-10,18H,5,7,11-16H2,1H3/t18-/m0/s1. The van der Waals surface area contributed by atoms with Gasteiger partial charge >= 0.3 is 0 Å². The van der Waals surface area contributed by atoms with E-state index in [0.717, 1.165) is 57.8 Å². The summed E-state index contributed by atoms with van der Waals surface area (Å²) in [5, 5.41) is 0. The number of likely N-dealkylation sites (tertiary alicyclic amines) is 1. The van der Waals surface area contributed by atoms with E-state index < -0.39 is 0 Å². The van der Waals surface area contributed by atoms with Crippen LogP contribution in [0.15, 0.2) is 42.5 Å². The van der Waals surface area contributed by atoms with Gasteiger partial charge < -0.3 is 9.80 Å². The Labute approximate surface area is 165 Å². The van der Waals surface area contributed by atoms with E-state index in [9.17, 15) is 9.18 Å². The fourth-order valence-corrected chi connectivity index (χ4v) is 4.30. The molecule has 1 atom stereocenters. The third kappa shape index (κ3) is 4.02. The summed E-state index contributed by atoms with van der Waals surface area (Å²) in [4.78, 5) is 23.8. The minimum Gasteiger partial charge on any atom is -0.367 e. The predicted molar refractivity (Wildman–Crippen MR) is 108 cm³/mol. The molecule has 2 aromatic rings. The quantitative estimate of drug-likeness (QED) is 0.818. The molecule has 6 heteroatoms. The van der Waals surface area contributed by atoms with Crippen LogP contribution in [0.2, 0.25) is 0 Å². The summed E-state index contributed by atoms with van der Waals surface area (Å²) in [6.45, 7) is 6.85. The molecule has 5 nitrogen and oxygen atoms in total. The number of benzene rings is 1. The largest absolute Gasteiger partial charge is 0.367 e. The van der Waals surface area contributed by atoms with E-state index in [1.54, 1.807) is 12.1 Å². The van der Waals surface area contributed by atoms with Crippen LogP contribution in [0.25, 0.3) is 0 Å². The summed E-state index contributed by atoms with van der Waals surface area (Å²) in [5.74, 6) is -0.130. The first-order valence-electron chi connectivity index (χ1n) is 10.1. The van der Waals surface area contributed by atoms with Gasteiger partial charge in [-0.15, -0.1) is 0 Å². The zero-order chi connectivity index (χ0) is 19.5. The number of nitrogens with zero attached hydrogens (tertiary/aromatic N) is 4. The van der Waals surface area contributed by atoms with Crippen LogP contribution in [0.4, 0.5) is 10.1 Å². The Bertz CT molecular complexity index is 835. The van der Waals surface area contributed by atoms with Crippen LogP contribution in [0, 0.1) is 12.7 Å². The van der Waals surface area contributed by atoms with Crippen LogP contribution in [-0.2, 0) is 0 Å². The Kier molecular flexibility index (Phi) is 5.57. The maximum absolute atomic E-state index is 14.1. The van der Waals surface area contributed by atoms with Gasteiger partial charge in [0.25, 0.3) is 5.91 Å².